The zero-order valence-corrected chi connectivity index (χ0v) is 4.23. The maximum atomic E-state index is 2.31. The molecule has 0 nitrogen and oxygen atoms in total. The molecule has 2 aliphatic heterocycles. The minimum Gasteiger partial charge on any atom is -0.0720 e. The lowest BCUT2D eigenvalue weighted by Crippen LogP contribution is -2.08. The van der Waals surface area contributed by atoms with Crippen molar-refractivity contribution in [3.8, 4) is 0 Å². The summed E-state index contributed by atoms with van der Waals surface area (Å²) in [5.41, 5.74) is 0.917. The Morgan fingerprint density at radius 3 is 1.67 bits per heavy atom. The third kappa shape index (κ3) is 0.171. The van der Waals surface area contributed by atoms with Crippen LogP contribution in [0.15, 0.2) is 23.8 Å². The Balaban J connectivity index is 2.40. The van der Waals surface area contributed by atoms with Crippen molar-refractivity contribution in [1.82, 2.24) is 0 Å². The van der Waals surface area contributed by atoms with Gasteiger partial charge in [-0.3, -0.25) is 0 Å². The molecule has 0 fully saturated rings. The molecule has 0 aliphatic carbocycles. The van der Waals surface area contributed by atoms with Crippen LogP contribution in [0.1, 0.15) is 0 Å². The molecular formula is C5H5P. The first-order chi connectivity index (χ1) is 2.97. The average molecular weight is 96.1 g/mol. The summed E-state index contributed by atoms with van der Waals surface area (Å²) in [5.74, 6) is 4.61. The number of allylic oxidation sites excluding steroid dienone is 2. The van der Waals surface area contributed by atoms with Crippen LogP contribution in [0.25, 0.3) is 0 Å². The van der Waals surface area contributed by atoms with E-state index in [0.29, 0.717) is 7.92 Å². The molecule has 0 aromatic rings. The highest BCUT2D eigenvalue weighted by atomic mass is 31.1. The van der Waals surface area contributed by atoms with Gasteiger partial charge in [-0.1, -0.05) is 23.8 Å². The van der Waals surface area contributed by atoms with Gasteiger partial charge in [0, 0.05) is 5.66 Å². The Labute approximate surface area is 38.3 Å². The largest absolute Gasteiger partial charge is 0.0720 e. The summed E-state index contributed by atoms with van der Waals surface area (Å²) in [5, 5.41) is 0. The molecule has 0 bridgehead atoms. The van der Waals surface area contributed by atoms with E-state index < -0.39 is 0 Å². The fourth-order valence-electron chi connectivity index (χ4n) is 0.683. The van der Waals surface area contributed by atoms with Crippen LogP contribution in [-0.4, -0.2) is 5.66 Å². The third-order valence-electron chi connectivity index (χ3n) is 1.26. The summed E-state index contributed by atoms with van der Waals surface area (Å²) >= 11 is 0. The zero-order valence-electron chi connectivity index (χ0n) is 3.33. The smallest absolute Gasteiger partial charge is 0.0227 e. The number of fused-ring (bicyclic) bond motifs is 1. The van der Waals surface area contributed by atoms with Crippen LogP contribution in [0.5, 0.6) is 0 Å². The second-order valence-corrected chi connectivity index (χ2v) is 3.71. The van der Waals surface area contributed by atoms with Crippen molar-refractivity contribution in [2.24, 2.45) is 0 Å². The minimum atomic E-state index is 0.341. The highest BCUT2D eigenvalue weighted by Crippen LogP contribution is 2.59. The summed E-state index contributed by atoms with van der Waals surface area (Å²) in [6.45, 7) is 0. The van der Waals surface area contributed by atoms with E-state index in [2.05, 4.69) is 23.8 Å². The van der Waals surface area contributed by atoms with Gasteiger partial charge >= 0.3 is 0 Å². The Morgan fingerprint density at radius 1 is 1.17 bits per heavy atom. The first-order valence-electron chi connectivity index (χ1n) is 2.11. The molecule has 0 saturated carbocycles. The lowest BCUT2D eigenvalue weighted by atomic mass is 10.4. The van der Waals surface area contributed by atoms with Crippen LogP contribution in [0.2, 0.25) is 0 Å². The van der Waals surface area contributed by atoms with Crippen molar-refractivity contribution >= 4 is 7.92 Å². The van der Waals surface area contributed by atoms with Gasteiger partial charge in [0.15, 0.2) is 0 Å². The van der Waals surface area contributed by atoms with E-state index in [-0.39, 0.29) is 0 Å². The SMILES string of the molecule is C1=CP2C=CC12. The molecule has 2 heterocycles. The topological polar surface area (TPSA) is 0 Å². The predicted molar refractivity (Wildman–Crippen MR) is 29.0 cm³/mol. The van der Waals surface area contributed by atoms with Crippen LogP contribution < -0.4 is 0 Å². The lowest BCUT2D eigenvalue weighted by molar-refractivity contribution is 1.33. The second kappa shape index (κ2) is 0.764. The molecule has 0 aromatic carbocycles. The Hall–Kier alpha value is -0.0900. The molecule has 6 heavy (non-hydrogen) atoms. The van der Waals surface area contributed by atoms with Crippen molar-refractivity contribution < 1.29 is 0 Å². The normalized spacial score (nSPS) is 46.7. The molecular weight excluding hydrogens is 91.0 g/mol. The zero-order chi connectivity index (χ0) is 3.98. The van der Waals surface area contributed by atoms with E-state index in [4.69, 9.17) is 0 Å². The van der Waals surface area contributed by atoms with E-state index in [0.717, 1.165) is 5.66 Å². The van der Waals surface area contributed by atoms with Crippen LogP contribution in [0.3, 0.4) is 0 Å². The van der Waals surface area contributed by atoms with E-state index >= 15 is 0 Å². The highest BCUT2D eigenvalue weighted by molar-refractivity contribution is 7.68. The fraction of sp³-hybridized carbons (Fsp3) is 0.200. The summed E-state index contributed by atoms with van der Waals surface area (Å²) < 4.78 is 0. The fourth-order valence-corrected chi connectivity index (χ4v) is 1.92. The lowest BCUT2D eigenvalue weighted by Gasteiger charge is -2.31. The van der Waals surface area contributed by atoms with Gasteiger partial charge in [-0.2, -0.15) is 0 Å². The van der Waals surface area contributed by atoms with Gasteiger partial charge in [0.2, 0.25) is 0 Å². The monoisotopic (exact) mass is 96.0 g/mol. The molecule has 0 atom stereocenters. The molecule has 0 spiro atoms. The van der Waals surface area contributed by atoms with E-state index in [1.165, 1.54) is 0 Å². The van der Waals surface area contributed by atoms with Crippen LogP contribution in [0, 0.1) is 0 Å². The van der Waals surface area contributed by atoms with Crippen molar-refractivity contribution in [1.29, 1.82) is 0 Å². The number of rotatable bonds is 0. The van der Waals surface area contributed by atoms with Crippen LogP contribution in [0.4, 0.5) is 0 Å². The minimum absolute atomic E-state index is 0.341. The van der Waals surface area contributed by atoms with E-state index in [9.17, 15) is 0 Å². The predicted octanol–water partition coefficient (Wildman–Crippen LogP) is 1.89. The van der Waals surface area contributed by atoms with Crippen molar-refractivity contribution in [3.63, 3.8) is 0 Å². The molecule has 0 amide bonds. The van der Waals surface area contributed by atoms with Gasteiger partial charge in [-0.15, -0.1) is 0 Å². The molecule has 0 unspecified atom stereocenters. The third-order valence-corrected chi connectivity index (χ3v) is 3.32. The molecule has 0 aromatic heterocycles. The molecule has 30 valence electrons. The highest BCUT2D eigenvalue weighted by Gasteiger charge is 2.24. The molecule has 2 rings (SSSR count). The molecule has 0 saturated heterocycles. The standard InChI is InChI=1S/C5H5P/c1-3-6-4-2-5(1)6/h1-5H. The van der Waals surface area contributed by atoms with E-state index in [1.807, 2.05) is 0 Å². The quantitative estimate of drug-likeness (QED) is 0.404. The Morgan fingerprint density at radius 2 is 1.67 bits per heavy atom. The summed E-state index contributed by atoms with van der Waals surface area (Å²) in [6.07, 6.45) is 4.54. The first kappa shape index (κ1) is 2.98. The maximum absolute atomic E-state index is 2.31. The van der Waals surface area contributed by atoms with Crippen LogP contribution in [-0.2, 0) is 0 Å². The van der Waals surface area contributed by atoms with Gasteiger partial charge in [-0.05, 0) is 7.92 Å². The van der Waals surface area contributed by atoms with Crippen molar-refractivity contribution in [3.05, 3.63) is 23.8 Å². The van der Waals surface area contributed by atoms with Gasteiger partial charge in [0.05, 0.1) is 0 Å². The van der Waals surface area contributed by atoms with Gasteiger partial charge in [0.25, 0.3) is 0 Å². The van der Waals surface area contributed by atoms with Crippen LogP contribution >= 0.6 is 7.92 Å². The van der Waals surface area contributed by atoms with Crippen molar-refractivity contribution in [2.45, 2.75) is 5.66 Å². The van der Waals surface area contributed by atoms with Gasteiger partial charge < -0.3 is 0 Å². The Kier molecular flexibility index (Phi) is 0.380. The number of hydrogen-bond donors (Lipinski definition) is 0. The average Bonchev–Trinajstić information content (AvgIpc) is 1.54. The maximum Gasteiger partial charge on any atom is 0.0227 e. The molecule has 0 radical (unpaired) electrons. The second-order valence-electron chi connectivity index (χ2n) is 1.62. The first-order valence-corrected chi connectivity index (χ1v) is 3.66. The van der Waals surface area contributed by atoms with E-state index in [1.54, 1.807) is 0 Å². The molecule has 0 N–H and O–H groups in total. The van der Waals surface area contributed by atoms with Gasteiger partial charge in [0.1, 0.15) is 0 Å². The molecule has 2 aliphatic rings. The summed E-state index contributed by atoms with van der Waals surface area (Å²) in [7, 11) is 0.341. The van der Waals surface area contributed by atoms with Gasteiger partial charge in [-0.25, -0.2) is 0 Å². The molecule has 1 heteroatoms. The summed E-state index contributed by atoms with van der Waals surface area (Å²) in [4.78, 5) is 0. The summed E-state index contributed by atoms with van der Waals surface area (Å²) in [6, 6.07) is 0. The Bertz CT molecular complexity index is 95.9. The number of hydrogen-bond acceptors (Lipinski definition) is 0. The van der Waals surface area contributed by atoms with Crippen molar-refractivity contribution in [2.75, 3.05) is 0 Å².